The summed E-state index contributed by atoms with van der Waals surface area (Å²) < 4.78 is 0. The van der Waals surface area contributed by atoms with Crippen LogP contribution in [0.5, 0.6) is 0 Å². The van der Waals surface area contributed by atoms with Gasteiger partial charge in [-0.3, -0.25) is 4.79 Å². The van der Waals surface area contributed by atoms with Gasteiger partial charge in [0.25, 0.3) is 5.91 Å². The lowest BCUT2D eigenvalue weighted by atomic mass is 9.93. The van der Waals surface area contributed by atoms with Gasteiger partial charge >= 0.3 is 0 Å². The van der Waals surface area contributed by atoms with Crippen LogP contribution in [0.15, 0.2) is 24.3 Å². The summed E-state index contributed by atoms with van der Waals surface area (Å²) in [5.74, 6) is 0.476. The summed E-state index contributed by atoms with van der Waals surface area (Å²) >= 11 is 5.76. The molecule has 1 saturated carbocycles. The third-order valence-corrected chi connectivity index (χ3v) is 4.28. The molecule has 0 saturated heterocycles. The predicted molar refractivity (Wildman–Crippen MR) is 81.0 cm³/mol. The van der Waals surface area contributed by atoms with E-state index in [0.717, 1.165) is 18.4 Å². The van der Waals surface area contributed by atoms with Crippen LogP contribution in [0.4, 0.5) is 0 Å². The van der Waals surface area contributed by atoms with Crippen molar-refractivity contribution in [1.82, 2.24) is 4.90 Å². The Morgan fingerprint density at radius 2 is 1.85 bits per heavy atom. The van der Waals surface area contributed by atoms with E-state index in [1.54, 1.807) is 0 Å². The summed E-state index contributed by atoms with van der Waals surface area (Å²) in [7, 11) is 0. The highest BCUT2D eigenvalue weighted by molar-refractivity contribution is 6.17. The van der Waals surface area contributed by atoms with E-state index in [-0.39, 0.29) is 18.6 Å². The number of nitrogens with zero attached hydrogens (tertiary/aromatic N) is 1. The Morgan fingerprint density at radius 3 is 2.40 bits per heavy atom. The quantitative estimate of drug-likeness (QED) is 0.848. The van der Waals surface area contributed by atoms with E-state index >= 15 is 0 Å². The molecule has 0 unspecified atom stereocenters. The van der Waals surface area contributed by atoms with Crippen molar-refractivity contribution in [1.29, 1.82) is 0 Å². The number of aliphatic hydroxyl groups is 1. The molecule has 0 aromatic heterocycles. The molecule has 3 nitrogen and oxygen atoms in total. The van der Waals surface area contributed by atoms with Crippen LogP contribution < -0.4 is 0 Å². The van der Waals surface area contributed by atoms with Crippen molar-refractivity contribution in [2.24, 2.45) is 0 Å². The number of aliphatic hydroxyl groups excluding tert-OH is 1. The Morgan fingerprint density at radius 1 is 1.20 bits per heavy atom. The van der Waals surface area contributed by atoms with E-state index in [1.165, 1.54) is 19.3 Å². The first-order valence-corrected chi connectivity index (χ1v) is 7.86. The van der Waals surface area contributed by atoms with Gasteiger partial charge in [0.1, 0.15) is 0 Å². The Hall–Kier alpha value is -1.06. The highest BCUT2D eigenvalue weighted by Crippen LogP contribution is 2.24. The molecular weight excluding hydrogens is 274 g/mol. The van der Waals surface area contributed by atoms with Crippen LogP contribution in [-0.2, 0) is 5.88 Å². The molecule has 0 spiro atoms. The van der Waals surface area contributed by atoms with Crippen molar-refractivity contribution in [3.63, 3.8) is 0 Å². The van der Waals surface area contributed by atoms with Gasteiger partial charge in [-0.1, -0.05) is 31.4 Å². The summed E-state index contributed by atoms with van der Waals surface area (Å²) in [5, 5.41) is 9.23. The second-order valence-corrected chi connectivity index (χ2v) is 5.61. The first-order chi connectivity index (χ1) is 9.76. The molecule has 4 heteroatoms. The lowest BCUT2D eigenvalue weighted by molar-refractivity contribution is 0.0585. The number of hydrogen-bond donors (Lipinski definition) is 1. The Labute approximate surface area is 125 Å². The molecule has 1 aliphatic carbocycles. The van der Waals surface area contributed by atoms with Gasteiger partial charge in [0.05, 0.1) is 6.61 Å². The monoisotopic (exact) mass is 295 g/mol. The van der Waals surface area contributed by atoms with Crippen molar-refractivity contribution in [3.8, 4) is 0 Å². The lowest BCUT2D eigenvalue weighted by Gasteiger charge is -2.34. The number of rotatable bonds is 5. The van der Waals surface area contributed by atoms with Crippen molar-refractivity contribution >= 4 is 17.5 Å². The van der Waals surface area contributed by atoms with Gasteiger partial charge in [0.15, 0.2) is 0 Å². The third-order valence-electron chi connectivity index (χ3n) is 3.97. The maximum atomic E-state index is 12.6. The van der Waals surface area contributed by atoms with Gasteiger partial charge < -0.3 is 10.0 Å². The zero-order chi connectivity index (χ0) is 14.4. The zero-order valence-corrected chi connectivity index (χ0v) is 12.5. The first-order valence-electron chi connectivity index (χ1n) is 7.33. The molecule has 1 aliphatic rings. The van der Waals surface area contributed by atoms with Gasteiger partial charge in [-0.25, -0.2) is 0 Å². The van der Waals surface area contributed by atoms with Crippen LogP contribution in [-0.4, -0.2) is 35.1 Å². The van der Waals surface area contributed by atoms with E-state index in [2.05, 4.69) is 0 Å². The molecule has 0 heterocycles. The molecular formula is C16H22ClNO2. The number of benzene rings is 1. The minimum absolute atomic E-state index is 0.0159. The SMILES string of the molecule is O=C(c1ccc(CCl)cc1)N(CCO)C1CCCCC1. The topological polar surface area (TPSA) is 40.5 Å². The van der Waals surface area contributed by atoms with E-state index in [0.29, 0.717) is 18.0 Å². The Bertz CT molecular complexity index is 427. The smallest absolute Gasteiger partial charge is 0.254 e. The normalized spacial score (nSPS) is 16.1. The number of halogens is 1. The number of amides is 1. The molecule has 0 bridgehead atoms. The molecule has 0 radical (unpaired) electrons. The highest BCUT2D eigenvalue weighted by Gasteiger charge is 2.25. The number of carbonyl (C=O) groups excluding carboxylic acids is 1. The maximum absolute atomic E-state index is 12.6. The van der Waals surface area contributed by atoms with E-state index in [9.17, 15) is 9.90 Å². The summed E-state index contributed by atoms with van der Waals surface area (Å²) in [4.78, 5) is 14.5. The predicted octanol–water partition coefficient (Wildman–Crippen LogP) is 3.19. The van der Waals surface area contributed by atoms with Crippen LogP contribution in [0.25, 0.3) is 0 Å². The van der Waals surface area contributed by atoms with Crippen molar-refractivity contribution in [2.45, 2.75) is 44.0 Å². The molecule has 1 aromatic carbocycles. The first kappa shape index (κ1) is 15.3. The lowest BCUT2D eigenvalue weighted by Crippen LogP contribution is -2.43. The molecule has 20 heavy (non-hydrogen) atoms. The van der Waals surface area contributed by atoms with Crippen molar-refractivity contribution in [3.05, 3.63) is 35.4 Å². The zero-order valence-electron chi connectivity index (χ0n) is 11.7. The standard InChI is InChI=1S/C16H22ClNO2/c17-12-13-6-8-14(9-7-13)16(20)18(10-11-19)15-4-2-1-3-5-15/h6-9,15,19H,1-5,10-12H2. The second kappa shape index (κ2) is 7.65. The average Bonchev–Trinajstić information content (AvgIpc) is 2.53. The van der Waals surface area contributed by atoms with Crippen molar-refractivity contribution < 1.29 is 9.90 Å². The second-order valence-electron chi connectivity index (χ2n) is 5.34. The molecule has 2 rings (SSSR count). The molecule has 1 fully saturated rings. The maximum Gasteiger partial charge on any atom is 0.254 e. The fourth-order valence-corrected chi connectivity index (χ4v) is 3.03. The number of alkyl halides is 1. The fourth-order valence-electron chi connectivity index (χ4n) is 2.85. The van der Waals surface area contributed by atoms with Crippen LogP contribution in [0, 0.1) is 0 Å². The van der Waals surface area contributed by atoms with Crippen LogP contribution in [0.1, 0.15) is 48.0 Å². The highest BCUT2D eigenvalue weighted by atomic mass is 35.5. The molecule has 110 valence electrons. The minimum atomic E-state index is 0.0159. The molecule has 1 N–H and O–H groups in total. The Balaban J connectivity index is 2.12. The summed E-state index contributed by atoms with van der Waals surface area (Å²) in [6.45, 7) is 0.433. The average molecular weight is 296 g/mol. The van der Waals surface area contributed by atoms with Gasteiger partial charge in [0, 0.05) is 24.0 Å². The van der Waals surface area contributed by atoms with Gasteiger partial charge in [-0.15, -0.1) is 11.6 Å². The van der Waals surface area contributed by atoms with Crippen LogP contribution in [0.3, 0.4) is 0 Å². The molecule has 0 aliphatic heterocycles. The van der Waals surface area contributed by atoms with Crippen LogP contribution in [0.2, 0.25) is 0 Å². The molecule has 1 amide bonds. The summed E-state index contributed by atoms with van der Waals surface area (Å²) in [6, 6.07) is 7.70. The molecule has 0 atom stereocenters. The van der Waals surface area contributed by atoms with Gasteiger partial charge in [-0.2, -0.15) is 0 Å². The van der Waals surface area contributed by atoms with E-state index < -0.39 is 0 Å². The fraction of sp³-hybridized carbons (Fsp3) is 0.562. The summed E-state index contributed by atoms with van der Waals surface area (Å²) in [5.41, 5.74) is 1.69. The van der Waals surface area contributed by atoms with Gasteiger partial charge in [0.2, 0.25) is 0 Å². The van der Waals surface area contributed by atoms with Gasteiger partial charge in [-0.05, 0) is 30.5 Å². The Kier molecular flexibility index (Phi) is 5.86. The van der Waals surface area contributed by atoms with Crippen LogP contribution >= 0.6 is 11.6 Å². The van der Waals surface area contributed by atoms with E-state index in [1.807, 2.05) is 29.2 Å². The number of hydrogen-bond acceptors (Lipinski definition) is 2. The van der Waals surface area contributed by atoms with E-state index in [4.69, 9.17) is 11.6 Å². The third kappa shape index (κ3) is 3.74. The summed E-state index contributed by atoms with van der Waals surface area (Å²) in [6.07, 6.45) is 5.69. The number of carbonyl (C=O) groups is 1. The minimum Gasteiger partial charge on any atom is -0.395 e. The largest absolute Gasteiger partial charge is 0.395 e. The van der Waals surface area contributed by atoms with Crippen molar-refractivity contribution in [2.75, 3.05) is 13.2 Å². The molecule has 1 aromatic rings.